The molecule has 1 fully saturated rings. The number of hydrogen-bond acceptors (Lipinski definition) is 4. The maximum absolute atomic E-state index is 9.07. The molecule has 4 heteroatoms. The standard InChI is InChI=1S/C16H14N4/c1-10-18-5-4-16(19-10)20-9-12-7-13(12)14-6-11(8-17)2-3-15(14)20/h2-6,12-13H,7,9H2,1H3. The Bertz CT molecular complexity index is 731. The van der Waals surface area contributed by atoms with Crippen molar-refractivity contribution in [1.29, 1.82) is 5.26 Å². The zero-order valence-corrected chi connectivity index (χ0v) is 11.2. The van der Waals surface area contributed by atoms with Crippen LogP contribution in [-0.2, 0) is 0 Å². The van der Waals surface area contributed by atoms with Crippen molar-refractivity contribution >= 4 is 11.5 Å². The van der Waals surface area contributed by atoms with Crippen molar-refractivity contribution in [3.8, 4) is 6.07 Å². The predicted octanol–water partition coefficient (Wildman–Crippen LogP) is 2.91. The topological polar surface area (TPSA) is 52.8 Å². The fourth-order valence-corrected chi connectivity index (χ4v) is 3.14. The first-order valence-corrected chi connectivity index (χ1v) is 6.87. The van der Waals surface area contributed by atoms with E-state index in [-0.39, 0.29) is 0 Å². The molecule has 2 unspecified atom stereocenters. The highest BCUT2D eigenvalue weighted by molar-refractivity contribution is 5.69. The molecule has 0 spiro atoms. The van der Waals surface area contributed by atoms with Crippen molar-refractivity contribution in [2.24, 2.45) is 5.92 Å². The minimum atomic E-state index is 0.637. The summed E-state index contributed by atoms with van der Waals surface area (Å²) in [5, 5.41) is 9.07. The van der Waals surface area contributed by atoms with Crippen LogP contribution in [0.15, 0.2) is 30.5 Å². The van der Waals surface area contributed by atoms with Gasteiger partial charge in [0, 0.05) is 18.4 Å². The molecule has 0 radical (unpaired) electrons. The molecule has 20 heavy (non-hydrogen) atoms. The maximum atomic E-state index is 9.07. The van der Waals surface area contributed by atoms with E-state index in [4.69, 9.17) is 5.26 Å². The summed E-state index contributed by atoms with van der Waals surface area (Å²) >= 11 is 0. The smallest absolute Gasteiger partial charge is 0.136 e. The summed E-state index contributed by atoms with van der Waals surface area (Å²) in [4.78, 5) is 11.0. The first kappa shape index (κ1) is 11.4. The highest BCUT2D eigenvalue weighted by Crippen LogP contribution is 2.55. The number of anilines is 2. The lowest BCUT2D eigenvalue weighted by Crippen LogP contribution is -2.26. The Kier molecular flexibility index (Phi) is 2.31. The van der Waals surface area contributed by atoms with Gasteiger partial charge in [0.05, 0.1) is 11.6 Å². The van der Waals surface area contributed by atoms with Crippen molar-refractivity contribution in [2.75, 3.05) is 11.4 Å². The normalized spacial score (nSPS) is 22.7. The van der Waals surface area contributed by atoms with Crippen LogP contribution in [0.3, 0.4) is 0 Å². The Balaban J connectivity index is 1.83. The minimum Gasteiger partial charge on any atom is -0.326 e. The number of aryl methyl sites for hydroxylation is 1. The van der Waals surface area contributed by atoms with Gasteiger partial charge in [-0.1, -0.05) is 0 Å². The van der Waals surface area contributed by atoms with Gasteiger partial charge >= 0.3 is 0 Å². The summed E-state index contributed by atoms with van der Waals surface area (Å²) in [6.07, 6.45) is 3.03. The SMILES string of the molecule is Cc1nccc(N2CC3CC3c3cc(C#N)ccc32)n1. The van der Waals surface area contributed by atoms with E-state index < -0.39 is 0 Å². The summed E-state index contributed by atoms with van der Waals surface area (Å²) < 4.78 is 0. The highest BCUT2D eigenvalue weighted by Gasteiger charge is 2.45. The minimum absolute atomic E-state index is 0.637. The Labute approximate surface area is 117 Å². The second-order valence-electron chi connectivity index (χ2n) is 5.56. The Morgan fingerprint density at radius 1 is 1.35 bits per heavy atom. The van der Waals surface area contributed by atoms with Gasteiger partial charge < -0.3 is 4.90 Å². The van der Waals surface area contributed by atoms with Gasteiger partial charge in [0.15, 0.2) is 0 Å². The molecule has 2 heterocycles. The maximum Gasteiger partial charge on any atom is 0.136 e. The number of nitrogens with zero attached hydrogens (tertiary/aromatic N) is 4. The van der Waals surface area contributed by atoms with Crippen LogP contribution < -0.4 is 4.90 Å². The molecule has 4 rings (SSSR count). The van der Waals surface area contributed by atoms with Crippen molar-refractivity contribution in [1.82, 2.24) is 9.97 Å². The summed E-state index contributed by atoms with van der Waals surface area (Å²) in [7, 11) is 0. The zero-order chi connectivity index (χ0) is 13.7. The molecule has 0 amide bonds. The first-order chi connectivity index (χ1) is 9.76. The number of benzene rings is 1. The van der Waals surface area contributed by atoms with Gasteiger partial charge in [-0.15, -0.1) is 0 Å². The van der Waals surface area contributed by atoms with Crippen LogP contribution in [0.2, 0.25) is 0 Å². The molecule has 1 aromatic carbocycles. The summed E-state index contributed by atoms with van der Waals surface area (Å²) in [5.74, 6) is 3.08. The predicted molar refractivity (Wildman–Crippen MR) is 75.8 cm³/mol. The zero-order valence-electron chi connectivity index (χ0n) is 11.2. The average molecular weight is 262 g/mol. The van der Waals surface area contributed by atoms with Crippen LogP contribution in [0.4, 0.5) is 11.5 Å². The Morgan fingerprint density at radius 2 is 2.25 bits per heavy atom. The van der Waals surface area contributed by atoms with Gasteiger partial charge in [-0.05, 0) is 55.0 Å². The van der Waals surface area contributed by atoms with E-state index in [0.29, 0.717) is 11.8 Å². The second-order valence-corrected chi connectivity index (χ2v) is 5.56. The van der Waals surface area contributed by atoms with E-state index in [1.807, 2.05) is 25.1 Å². The van der Waals surface area contributed by atoms with Crippen LogP contribution >= 0.6 is 0 Å². The molecular formula is C16H14N4. The van der Waals surface area contributed by atoms with Crippen LogP contribution in [0.5, 0.6) is 0 Å². The van der Waals surface area contributed by atoms with Crippen molar-refractivity contribution < 1.29 is 0 Å². The van der Waals surface area contributed by atoms with E-state index >= 15 is 0 Å². The molecule has 0 saturated heterocycles. The molecule has 2 atom stereocenters. The Morgan fingerprint density at radius 3 is 3.05 bits per heavy atom. The van der Waals surface area contributed by atoms with Gasteiger partial charge in [0.2, 0.25) is 0 Å². The fourth-order valence-electron chi connectivity index (χ4n) is 3.14. The van der Waals surface area contributed by atoms with Gasteiger partial charge in [-0.3, -0.25) is 0 Å². The number of rotatable bonds is 1. The van der Waals surface area contributed by atoms with Gasteiger partial charge in [0.1, 0.15) is 11.6 Å². The number of fused-ring (bicyclic) bond motifs is 3. The van der Waals surface area contributed by atoms with Crippen molar-refractivity contribution in [3.63, 3.8) is 0 Å². The molecule has 1 aliphatic heterocycles. The molecule has 1 aliphatic carbocycles. The molecular weight excluding hydrogens is 248 g/mol. The molecule has 0 N–H and O–H groups in total. The quantitative estimate of drug-likeness (QED) is 0.793. The lowest BCUT2D eigenvalue weighted by Gasteiger charge is -2.30. The first-order valence-electron chi connectivity index (χ1n) is 6.87. The third-order valence-corrected chi connectivity index (χ3v) is 4.22. The van der Waals surface area contributed by atoms with Gasteiger partial charge in [0.25, 0.3) is 0 Å². The molecule has 4 nitrogen and oxygen atoms in total. The van der Waals surface area contributed by atoms with E-state index in [1.54, 1.807) is 6.20 Å². The number of aromatic nitrogens is 2. The van der Waals surface area contributed by atoms with Crippen LogP contribution in [-0.4, -0.2) is 16.5 Å². The molecule has 2 aromatic rings. The molecule has 1 aromatic heterocycles. The highest BCUT2D eigenvalue weighted by atomic mass is 15.2. The average Bonchev–Trinajstić information content (AvgIpc) is 3.25. The molecule has 98 valence electrons. The van der Waals surface area contributed by atoms with Crippen LogP contribution in [0, 0.1) is 24.2 Å². The van der Waals surface area contributed by atoms with Gasteiger partial charge in [-0.25, -0.2) is 9.97 Å². The fraction of sp³-hybridized carbons (Fsp3) is 0.312. The van der Waals surface area contributed by atoms with Crippen molar-refractivity contribution in [2.45, 2.75) is 19.3 Å². The summed E-state index contributed by atoms with van der Waals surface area (Å²) in [6.45, 7) is 2.92. The molecule has 2 aliphatic rings. The molecule has 1 saturated carbocycles. The van der Waals surface area contributed by atoms with Crippen LogP contribution in [0.25, 0.3) is 0 Å². The summed E-state index contributed by atoms with van der Waals surface area (Å²) in [5.41, 5.74) is 3.24. The number of hydrogen-bond donors (Lipinski definition) is 0. The van der Waals surface area contributed by atoms with E-state index in [9.17, 15) is 0 Å². The third-order valence-electron chi connectivity index (χ3n) is 4.22. The Hall–Kier alpha value is -2.41. The lowest BCUT2D eigenvalue weighted by atomic mass is 9.99. The largest absolute Gasteiger partial charge is 0.326 e. The van der Waals surface area contributed by atoms with Crippen LogP contribution in [0.1, 0.15) is 29.3 Å². The summed E-state index contributed by atoms with van der Waals surface area (Å²) in [6, 6.07) is 10.2. The number of nitriles is 1. The molecule has 0 bridgehead atoms. The van der Waals surface area contributed by atoms with Crippen molar-refractivity contribution in [3.05, 3.63) is 47.4 Å². The van der Waals surface area contributed by atoms with Gasteiger partial charge in [-0.2, -0.15) is 5.26 Å². The van der Waals surface area contributed by atoms with E-state index in [0.717, 1.165) is 23.8 Å². The lowest BCUT2D eigenvalue weighted by molar-refractivity contribution is 0.741. The van der Waals surface area contributed by atoms with E-state index in [1.165, 1.54) is 17.7 Å². The third kappa shape index (κ3) is 1.67. The second kappa shape index (κ2) is 4.04. The monoisotopic (exact) mass is 262 g/mol. The van der Waals surface area contributed by atoms with E-state index in [2.05, 4.69) is 27.0 Å².